The summed E-state index contributed by atoms with van der Waals surface area (Å²) >= 11 is 0. The van der Waals surface area contributed by atoms with Gasteiger partial charge in [-0.3, -0.25) is 0 Å². The molecule has 10 aromatic carbocycles. The molecule has 0 spiro atoms. The third-order valence-corrected chi connectivity index (χ3v) is 23.4. The van der Waals surface area contributed by atoms with Gasteiger partial charge in [-0.1, -0.05) is 224 Å². The monoisotopic (exact) mass is 1260 g/mol. The van der Waals surface area contributed by atoms with E-state index in [1.165, 1.54) is 77.5 Å². The lowest BCUT2D eigenvalue weighted by Gasteiger charge is -2.54. The number of hydrogen-bond acceptors (Lipinski definition) is 8. The summed E-state index contributed by atoms with van der Waals surface area (Å²) in [6.45, 7) is 14.4. The minimum atomic E-state index is -0.200. The van der Waals surface area contributed by atoms with Crippen LogP contribution in [0.15, 0.2) is 212 Å². The molecule has 0 N–H and O–H groups in total. The van der Waals surface area contributed by atoms with Gasteiger partial charge in [0.15, 0.2) is 34.9 Å². The molecular weight excluding hydrogens is 1180 g/mol. The summed E-state index contributed by atoms with van der Waals surface area (Å²) in [6.07, 6.45) is 11.1. The van der Waals surface area contributed by atoms with Gasteiger partial charge in [0.2, 0.25) is 0 Å². The molecule has 8 heteroatoms. The minimum Gasteiger partial charge on any atom is -0.208 e. The molecule has 17 rings (SSSR count). The Labute approximate surface area is 569 Å². The fraction of sp³-hybridized carbons (Fsp3) is 0.281. The number of benzene rings is 10. The normalized spacial score (nSPS) is 23.6. The maximum Gasteiger partial charge on any atom is 0.164 e. The average Bonchev–Trinajstić information content (AvgIpc) is 1.62. The van der Waals surface area contributed by atoms with E-state index in [9.17, 15) is 10.5 Å². The molecule has 4 unspecified atom stereocenters. The second kappa shape index (κ2) is 23.5. The smallest absolute Gasteiger partial charge is 0.164 e. The SMILES string of the molecule is C[C@@H]1CC2C[C@H](C)CC(c3ccc(-c4nc(-c5ccc(-c6ccc7c(c6)-c6ccc(C#N)cc6C7(C)C)cc5)nc(-c5cccc(C6[C@@H]7C[C@H](C)CC(c8ccc(-c9nc(-c%10ccccc%10)nc(-c%10cccc%11c(C#N)c%12ccccc%12cc%10%11)n9)cc8)(C7)C[C@@H]6C)c5)n4)cc3)(C2)C1. The minimum absolute atomic E-state index is 0.0267. The molecule has 0 amide bonds. The highest BCUT2D eigenvalue weighted by Gasteiger charge is 2.50. The van der Waals surface area contributed by atoms with E-state index in [1.54, 1.807) is 0 Å². The van der Waals surface area contributed by atoms with E-state index in [1.807, 2.05) is 54.6 Å². The largest absolute Gasteiger partial charge is 0.208 e. The molecule has 4 fully saturated rings. The molecule has 2 heterocycles. The molecular formula is C89H78N8. The molecule has 4 bridgehead atoms. The van der Waals surface area contributed by atoms with E-state index < -0.39 is 0 Å². The average molecular weight is 1260 g/mol. The molecule has 2 aromatic heterocycles. The van der Waals surface area contributed by atoms with Crippen LogP contribution < -0.4 is 0 Å². The molecule has 5 aliphatic carbocycles. The topological polar surface area (TPSA) is 125 Å². The fourth-order valence-electron chi connectivity index (χ4n) is 19.8. The summed E-state index contributed by atoms with van der Waals surface area (Å²) in [5.41, 5.74) is 18.5. The quantitative estimate of drug-likeness (QED) is 0.124. The van der Waals surface area contributed by atoms with E-state index >= 15 is 0 Å². The Morgan fingerprint density at radius 1 is 0.371 bits per heavy atom. The Hall–Kier alpha value is -10.3. The first kappa shape index (κ1) is 60.4. The van der Waals surface area contributed by atoms with Crippen LogP contribution in [-0.2, 0) is 16.2 Å². The summed E-state index contributed by atoms with van der Waals surface area (Å²) in [6, 6.07) is 80.9. The molecule has 0 radical (unpaired) electrons. The molecule has 97 heavy (non-hydrogen) atoms. The first-order chi connectivity index (χ1) is 47.2. The molecule has 0 aliphatic heterocycles. The van der Waals surface area contributed by atoms with E-state index in [0.29, 0.717) is 69.7 Å². The van der Waals surface area contributed by atoms with Crippen LogP contribution in [0.1, 0.15) is 144 Å². The Bertz CT molecular complexity index is 5170. The molecule has 12 aromatic rings. The fourth-order valence-corrected chi connectivity index (χ4v) is 19.8. The van der Waals surface area contributed by atoms with Crippen LogP contribution in [0, 0.1) is 58.2 Å². The van der Waals surface area contributed by atoms with Gasteiger partial charge >= 0.3 is 0 Å². The van der Waals surface area contributed by atoms with Crippen LogP contribution in [0.5, 0.6) is 0 Å². The van der Waals surface area contributed by atoms with Gasteiger partial charge < -0.3 is 0 Å². The van der Waals surface area contributed by atoms with Crippen molar-refractivity contribution in [2.45, 2.75) is 121 Å². The van der Waals surface area contributed by atoms with Crippen molar-refractivity contribution in [1.29, 1.82) is 10.5 Å². The Morgan fingerprint density at radius 2 is 0.907 bits per heavy atom. The van der Waals surface area contributed by atoms with E-state index in [0.717, 1.165) is 103 Å². The summed E-state index contributed by atoms with van der Waals surface area (Å²) in [4.78, 5) is 31.8. The van der Waals surface area contributed by atoms with Gasteiger partial charge in [-0.2, -0.15) is 10.5 Å². The van der Waals surface area contributed by atoms with Crippen molar-refractivity contribution in [3.8, 4) is 103 Å². The lowest BCUT2D eigenvalue weighted by molar-refractivity contribution is 0.0558. The predicted octanol–water partition coefficient (Wildman–Crippen LogP) is 21.7. The summed E-state index contributed by atoms with van der Waals surface area (Å²) in [5, 5.41) is 24.0. The van der Waals surface area contributed by atoms with Crippen LogP contribution in [0.3, 0.4) is 0 Å². The van der Waals surface area contributed by atoms with E-state index in [2.05, 4.69) is 211 Å². The van der Waals surface area contributed by atoms with Gasteiger partial charge in [-0.05, 0) is 201 Å². The van der Waals surface area contributed by atoms with Crippen LogP contribution in [0.4, 0.5) is 0 Å². The maximum atomic E-state index is 10.5. The Morgan fingerprint density at radius 3 is 1.56 bits per heavy atom. The Kier molecular flexibility index (Phi) is 14.6. The summed E-state index contributed by atoms with van der Waals surface area (Å²) in [7, 11) is 0. The zero-order chi connectivity index (χ0) is 65.9. The van der Waals surface area contributed by atoms with Gasteiger partial charge in [0.05, 0.1) is 17.2 Å². The highest BCUT2D eigenvalue weighted by Crippen LogP contribution is 2.60. The van der Waals surface area contributed by atoms with Crippen molar-refractivity contribution in [3.63, 3.8) is 0 Å². The number of fused-ring (bicyclic) bond motifs is 9. The van der Waals surface area contributed by atoms with Crippen molar-refractivity contribution in [2.24, 2.45) is 35.5 Å². The zero-order valence-electron chi connectivity index (χ0n) is 56.2. The molecule has 8 nitrogen and oxygen atoms in total. The molecule has 5 aliphatic rings. The van der Waals surface area contributed by atoms with Gasteiger partial charge in [-0.25, -0.2) is 29.9 Å². The number of nitrogens with zero attached hydrogens (tertiary/aromatic N) is 8. The maximum absolute atomic E-state index is 10.5. The van der Waals surface area contributed by atoms with Gasteiger partial charge in [0, 0.05) is 49.6 Å². The first-order valence-electron chi connectivity index (χ1n) is 35.2. The van der Waals surface area contributed by atoms with Crippen LogP contribution in [-0.4, -0.2) is 29.9 Å². The third-order valence-electron chi connectivity index (χ3n) is 23.4. The predicted molar refractivity (Wildman–Crippen MR) is 391 cm³/mol. The van der Waals surface area contributed by atoms with Gasteiger partial charge in [-0.15, -0.1) is 0 Å². The number of aromatic nitrogens is 6. The van der Waals surface area contributed by atoms with Crippen molar-refractivity contribution in [3.05, 3.63) is 251 Å². The lowest BCUT2D eigenvalue weighted by atomic mass is 9.50. The summed E-state index contributed by atoms with van der Waals surface area (Å²) in [5.74, 6) is 7.93. The van der Waals surface area contributed by atoms with Crippen molar-refractivity contribution >= 4 is 21.5 Å². The molecule has 474 valence electrons. The third kappa shape index (κ3) is 10.5. The highest BCUT2D eigenvalue weighted by atomic mass is 15.0. The van der Waals surface area contributed by atoms with E-state index in [4.69, 9.17) is 29.9 Å². The number of rotatable bonds is 10. The second-order valence-corrected chi connectivity index (χ2v) is 30.5. The second-order valence-electron chi connectivity index (χ2n) is 30.5. The van der Waals surface area contributed by atoms with Crippen molar-refractivity contribution in [1.82, 2.24) is 29.9 Å². The number of hydrogen-bond donors (Lipinski definition) is 0. The zero-order valence-corrected chi connectivity index (χ0v) is 56.2. The van der Waals surface area contributed by atoms with Crippen molar-refractivity contribution < 1.29 is 0 Å². The van der Waals surface area contributed by atoms with Crippen LogP contribution in [0.2, 0.25) is 0 Å². The first-order valence-corrected chi connectivity index (χ1v) is 35.2. The number of nitriles is 2. The molecule has 4 saturated carbocycles. The standard InChI is InChI=1S/C89H78N8/c1-53-38-58-39-54(2)46-88(45-53,49-58)69-32-27-62(28-33-69)83-93-82(61-25-23-59(24-26-61)64-31-37-78-76(43-64)73-36-22-57(51-90)41-79(73)87(78,5)6)94-85(95-83)67-18-12-17-66(42-67)80-56(4)48-89(47-55(3)40-68(80)50-89)70-34-29-63(30-35-70)84-92-81(60-14-8-7-9-15-60)96-86(97-84)74-21-13-20-72-75(74)44-65-16-10-11-19-71(65)77(72)52-91/h7-37,41-44,53-56,58,68,80H,38-40,45-50H2,1-6H3/t53-,54+,55-,56-,58?,68+,80?,88?,89?/m0/s1. The van der Waals surface area contributed by atoms with Crippen LogP contribution in [0.25, 0.3) is 112 Å². The Balaban J connectivity index is 0.690. The molecule has 0 saturated heterocycles. The van der Waals surface area contributed by atoms with Crippen LogP contribution >= 0.6 is 0 Å². The lowest BCUT2D eigenvalue weighted by Crippen LogP contribution is -2.45. The van der Waals surface area contributed by atoms with Gasteiger partial charge in [0.1, 0.15) is 6.07 Å². The summed E-state index contributed by atoms with van der Waals surface area (Å²) < 4.78 is 0. The van der Waals surface area contributed by atoms with E-state index in [-0.39, 0.29) is 16.2 Å². The van der Waals surface area contributed by atoms with Crippen molar-refractivity contribution in [2.75, 3.05) is 0 Å². The highest BCUT2D eigenvalue weighted by molar-refractivity contribution is 6.09. The van der Waals surface area contributed by atoms with Gasteiger partial charge in [0.25, 0.3) is 0 Å². The molecule has 9 atom stereocenters.